The molecule has 0 aromatic carbocycles. The quantitative estimate of drug-likeness (QED) is 0.734. The highest BCUT2D eigenvalue weighted by Crippen LogP contribution is 2.19. The molecule has 1 aromatic rings. The molecule has 0 aliphatic carbocycles. The van der Waals surface area contributed by atoms with Gasteiger partial charge in [0, 0.05) is 6.54 Å². The summed E-state index contributed by atoms with van der Waals surface area (Å²) in [6.45, 7) is 0.601. The van der Waals surface area contributed by atoms with Crippen LogP contribution in [0, 0.1) is 0 Å². The molecule has 2 heterocycles. The number of rotatable bonds is 4. The highest BCUT2D eigenvalue weighted by molar-refractivity contribution is 7.99. The third kappa shape index (κ3) is 3.00. The Morgan fingerprint density at radius 2 is 2.39 bits per heavy atom. The van der Waals surface area contributed by atoms with E-state index in [1.165, 1.54) is 18.1 Å². The number of H-pyrrole nitrogens is 1. The molecule has 2 rings (SSSR count). The third-order valence-electron chi connectivity index (χ3n) is 2.88. The molecule has 2 amide bonds. The summed E-state index contributed by atoms with van der Waals surface area (Å²) in [6, 6.07) is -0.457. The zero-order valence-corrected chi connectivity index (χ0v) is 10.7. The van der Waals surface area contributed by atoms with Gasteiger partial charge in [-0.2, -0.15) is 5.10 Å². The van der Waals surface area contributed by atoms with E-state index in [1.54, 1.807) is 4.90 Å². The second-order valence-electron chi connectivity index (χ2n) is 4.08. The second kappa shape index (κ2) is 5.85. The van der Waals surface area contributed by atoms with Gasteiger partial charge in [0.1, 0.15) is 12.4 Å². The predicted octanol–water partition coefficient (Wildman–Crippen LogP) is -0.237. The van der Waals surface area contributed by atoms with E-state index in [2.05, 4.69) is 15.2 Å². The molecule has 1 aliphatic heterocycles. The van der Waals surface area contributed by atoms with Crippen LogP contribution < -0.4 is 5.73 Å². The van der Waals surface area contributed by atoms with Crippen molar-refractivity contribution in [2.24, 2.45) is 5.73 Å². The third-order valence-corrected chi connectivity index (χ3v) is 3.74. The Bertz CT molecular complexity index is 422. The molecule has 1 aromatic heterocycles. The maximum Gasteiger partial charge on any atom is 0.240 e. The summed E-state index contributed by atoms with van der Waals surface area (Å²) in [7, 11) is 0. The molecule has 0 saturated carbocycles. The van der Waals surface area contributed by atoms with E-state index in [1.807, 2.05) is 0 Å². The van der Waals surface area contributed by atoms with Crippen LogP contribution in [0.2, 0.25) is 0 Å². The number of hydrogen-bond acceptors (Lipinski definition) is 5. The van der Waals surface area contributed by atoms with Gasteiger partial charge in [-0.15, -0.1) is 0 Å². The smallest absolute Gasteiger partial charge is 0.240 e. The summed E-state index contributed by atoms with van der Waals surface area (Å²) >= 11 is 1.27. The Balaban J connectivity index is 1.92. The lowest BCUT2D eigenvalue weighted by atomic mass is 10.0. The molecule has 18 heavy (non-hydrogen) atoms. The van der Waals surface area contributed by atoms with Crippen LogP contribution in [0.3, 0.4) is 0 Å². The van der Waals surface area contributed by atoms with Crippen LogP contribution in [0.15, 0.2) is 11.5 Å². The number of nitrogens with zero attached hydrogens (tertiary/aromatic N) is 3. The lowest BCUT2D eigenvalue weighted by Crippen LogP contribution is -2.51. The Morgan fingerprint density at radius 1 is 1.56 bits per heavy atom. The van der Waals surface area contributed by atoms with Gasteiger partial charge in [0.15, 0.2) is 5.16 Å². The Hall–Kier alpha value is -1.57. The Labute approximate surface area is 109 Å². The normalized spacial score (nSPS) is 19.8. The molecule has 0 spiro atoms. The van der Waals surface area contributed by atoms with Gasteiger partial charge in [0.2, 0.25) is 11.8 Å². The van der Waals surface area contributed by atoms with E-state index in [0.717, 1.165) is 12.8 Å². The number of carbonyl (C=O) groups is 2. The minimum Gasteiger partial charge on any atom is -0.368 e. The van der Waals surface area contributed by atoms with Gasteiger partial charge in [0.05, 0.1) is 5.75 Å². The first-order valence-corrected chi connectivity index (χ1v) is 6.74. The first kappa shape index (κ1) is 12.9. The average molecular weight is 269 g/mol. The molecule has 8 heteroatoms. The van der Waals surface area contributed by atoms with E-state index >= 15 is 0 Å². The molecule has 1 fully saturated rings. The van der Waals surface area contributed by atoms with Gasteiger partial charge < -0.3 is 10.6 Å². The number of thioether (sulfide) groups is 1. The molecule has 1 aliphatic rings. The monoisotopic (exact) mass is 269 g/mol. The maximum absolute atomic E-state index is 12.0. The zero-order valence-electron chi connectivity index (χ0n) is 9.83. The first-order valence-electron chi connectivity index (χ1n) is 5.75. The van der Waals surface area contributed by atoms with Crippen molar-refractivity contribution in [3.8, 4) is 0 Å². The lowest BCUT2D eigenvalue weighted by molar-refractivity contribution is -0.138. The summed E-state index contributed by atoms with van der Waals surface area (Å²) in [5, 5.41) is 6.96. The fraction of sp³-hybridized carbons (Fsp3) is 0.600. The highest BCUT2D eigenvalue weighted by Gasteiger charge is 2.30. The molecular formula is C10H15N5O2S. The van der Waals surface area contributed by atoms with Gasteiger partial charge in [-0.25, -0.2) is 4.98 Å². The number of amides is 2. The van der Waals surface area contributed by atoms with Crippen LogP contribution >= 0.6 is 11.8 Å². The van der Waals surface area contributed by atoms with Crippen molar-refractivity contribution in [3.05, 3.63) is 6.33 Å². The molecule has 98 valence electrons. The van der Waals surface area contributed by atoms with Crippen LogP contribution in [0.1, 0.15) is 19.3 Å². The van der Waals surface area contributed by atoms with E-state index in [4.69, 9.17) is 5.73 Å². The van der Waals surface area contributed by atoms with Crippen molar-refractivity contribution < 1.29 is 9.59 Å². The molecule has 0 bridgehead atoms. The van der Waals surface area contributed by atoms with E-state index in [0.29, 0.717) is 18.1 Å². The minimum atomic E-state index is -0.457. The average Bonchev–Trinajstić information content (AvgIpc) is 2.89. The number of aromatic nitrogens is 3. The molecule has 1 saturated heterocycles. The summed E-state index contributed by atoms with van der Waals surface area (Å²) in [4.78, 5) is 28.8. The van der Waals surface area contributed by atoms with Gasteiger partial charge in [-0.3, -0.25) is 14.7 Å². The molecule has 7 nitrogen and oxygen atoms in total. The number of piperidine rings is 1. The predicted molar refractivity (Wildman–Crippen MR) is 65.7 cm³/mol. The number of likely N-dealkylation sites (tertiary alicyclic amines) is 1. The second-order valence-corrected chi connectivity index (χ2v) is 5.04. The molecule has 1 atom stereocenters. The van der Waals surface area contributed by atoms with E-state index in [9.17, 15) is 9.59 Å². The maximum atomic E-state index is 12.0. The van der Waals surface area contributed by atoms with Crippen LogP contribution in [-0.2, 0) is 9.59 Å². The largest absolute Gasteiger partial charge is 0.368 e. The topological polar surface area (TPSA) is 105 Å². The number of hydrogen-bond donors (Lipinski definition) is 2. The number of nitrogens with two attached hydrogens (primary N) is 1. The van der Waals surface area contributed by atoms with Crippen molar-refractivity contribution >= 4 is 23.6 Å². The number of nitrogens with one attached hydrogen (secondary N) is 1. The fourth-order valence-corrected chi connectivity index (χ4v) is 2.67. The van der Waals surface area contributed by atoms with Gasteiger partial charge in [-0.05, 0) is 19.3 Å². The fourth-order valence-electron chi connectivity index (χ4n) is 2.00. The lowest BCUT2D eigenvalue weighted by Gasteiger charge is -2.33. The molecular weight excluding hydrogens is 254 g/mol. The van der Waals surface area contributed by atoms with Crippen LogP contribution in [0.4, 0.5) is 0 Å². The summed E-state index contributed by atoms with van der Waals surface area (Å²) in [6.07, 6.45) is 3.91. The number of primary amides is 1. The van der Waals surface area contributed by atoms with Gasteiger partial charge >= 0.3 is 0 Å². The zero-order chi connectivity index (χ0) is 13.0. The van der Waals surface area contributed by atoms with Gasteiger partial charge in [0.25, 0.3) is 0 Å². The van der Waals surface area contributed by atoms with Crippen LogP contribution in [-0.4, -0.2) is 50.2 Å². The van der Waals surface area contributed by atoms with Crippen molar-refractivity contribution in [2.45, 2.75) is 30.5 Å². The number of carbonyl (C=O) groups excluding carboxylic acids is 2. The first-order chi connectivity index (χ1) is 8.68. The Kier molecular flexibility index (Phi) is 4.19. The standard InChI is InChI=1S/C10H15N5O2S/c11-9(17)7-3-1-2-4-15(7)8(16)5-18-10-12-6-13-14-10/h6-7H,1-5H2,(H2,11,17)(H,12,13,14)/t7-/m0/s1. The Morgan fingerprint density at radius 3 is 3.06 bits per heavy atom. The summed E-state index contributed by atoms with van der Waals surface area (Å²) in [5.74, 6) is -0.272. The van der Waals surface area contributed by atoms with Crippen molar-refractivity contribution in [1.29, 1.82) is 0 Å². The SMILES string of the molecule is NC(=O)[C@@H]1CCCCN1C(=O)CSc1ncn[nH]1. The van der Waals surface area contributed by atoms with E-state index < -0.39 is 11.9 Å². The van der Waals surface area contributed by atoms with Crippen molar-refractivity contribution in [3.63, 3.8) is 0 Å². The van der Waals surface area contributed by atoms with Gasteiger partial charge in [-0.1, -0.05) is 11.8 Å². The molecule has 3 N–H and O–H groups in total. The number of aromatic amines is 1. The van der Waals surface area contributed by atoms with E-state index in [-0.39, 0.29) is 11.7 Å². The molecule has 0 unspecified atom stereocenters. The van der Waals surface area contributed by atoms with Crippen molar-refractivity contribution in [2.75, 3.05) is 12.3 Å². The highest BCUT2D eigenvalue weighted by atomic mass is 32.2. The van der Waals surface area contributed by atoms with Crippen molar-refractivity contribution in [1.82, 2.24) is 20.1 Å². The molecule has 0 radical (unpaired) electrons. The summed E-state index contributed by atoms with van der Waals surface area (Å²) < 4.78 is 0. The van der Waals surface area contributed by atoms with Crippen LogP contribution in [0.25, 0.3) is 0 Å². The summed E-state index contributed by atoms with van der Waals surface area (Å²) in [5.41, 5.74) is 5.32. The van der Waals surface area contributed by atoms with Crippen LogP contribution in [0.5, 0.6) is 0 Å². The minimum absolute atomic E-state index is 0.0834.